The molecule has 0 heterocycles. The van der Waals surface area contributed by atoms with Gasteiger partial charge in [-0.3, -0.25) is 9.59 Å². The van der Waals surface area contributed by atoms with E-state index in [2.05, 4.69) is 5.32 Å². The SMILES string of the molecule is COc1ccc(CN(C)C(=O)C[NH+](C)CC(=O)Nc2c(C)cc(C)cc2C)cc1OC. The van der Waals surface area contributed by atoms with E-state index in [1.807, 2.05) is 58.2 Å². The van der Waals surface area contributed by atoms with Gasteiger partial charge >= 0.3 is 0 Å². The Hall–Kier alpha value is -3.06. The molecule has 0 saturated carbocycles. The maximum absolute atomic E-state index is 12.6. The third-order valence-corrected chi connectivity index (χ3v) is 5.15. The van der Waals surface area contributed by atoms with E-state index in [0.29, 0.717) is 18.0 Å². The number of carbonyl (C=O) groups excluding carboxylic acids is 2. The van der Waals surface area contributed by atoms with E-state index in [4.69, 9.17) is 9.47 Å². The highest BCUT2D eigenvalue weighted by molar-refractivity contribution is 5.93. The van der Waals surface area contributed by atoms with Crippen LogP contribution in [0.15, 0.2) is 30.3 Å². The van der Waals surface area contributed by atoms with Gasteiger partial charge in [0.05, 0.1) is 21.3 Å². The summed E-state index contributed by atoms with van der Waals surface area (Å²) in [7, 11) is 6.77. The van der Waals surface area contributed by atoms with Gasteiger partial charge in [-0.25, -0.2) is 0 Å². The van der Waals surface area contributed by atoms with Crippen molar-refractivity contribution in [2.45, 2.75) is 27.3 Å². The van der Waals surface area contributed by atoms with Gasteiger partial charge in [0.25, 0.3) is 11.8 Å². The highest BCUT2D eigenvalue weighted by Crippen LogP contribution is 2.28. The number of aryl methyl sites for hydroxylation is 3. The number of benzene rings is 2. The molecule has 168 valence electrons. The Morgan fingerprint density at radius 3 is 2.16 bits per heavy atom. The number of methoxy groups -OCH3 is 2. The number of amides is 2. The molecule has 2 rings (SSSR count). The summed E-state index contributed by atoms with van der Waals surface area (Å²) in [6.45, 7) is 6.89. The van der Waals surface area contributed by atoms with Crippen LogP contribution < -0.4 is 19.7 Å². The van der Waals surface area contributed by atoms with Crippen LogP contribution in [0.25, 0.3) is 0 Å². The molecule has 0 saturated heterocycles. The fraction of sp³-hybridized carbons (Fsp3) is 0.417. The normalized spacial score (nSPS) is 11.6. The van der Waals surface area contributed by atoms with Gasteiger partial charge in [0, 0.05) is 19.3 Å². The van der Waals surface area contributed by atoms with Crippen molar-refractivity contribution in [1.82, 2.24) is 4.90 Å². The maximum atomic E-state index is 12.6. The summed E-state index contributed by atoms with van der Waals surface area (Å²) in [6.07, 6.45) is 0. The molecule has 0 aliphatic rings. The fourth-order valence-electron chi connectivity index (χ4n) is 3.63. The molecular weight excluding hydrogens is 394 g/mol. The van der Waals surface area contributed by atoms with E-state index < -0.39 is 0 Å². The Labute approximate surface area is 184 Å². The lowest BCUT2D eigenvalue weighted by molar-refractivity contribution is -0.862. The number of nitrogens with zero attached hydrogens (tertiary/aromatic N) is 1. The second kappa shape index (κ2) is 10.8. The number of hydrogen-bond acceptors (Lipinski definition) is 4. The number of likely N-dealkylation sites (N-methyl/N-ethyl adjacent to an activating group) is 2. The Balaban J connectivity index is 1.91. The highest BCUT2D eigenvalue weighted by atomic mass is 16.5. The first kappa shape index (κ1) is 24.2. The Morgan fingerprint density at radius 2 is 1.58 bits per heavy atom. The van der Waals surface area contributed by atoms with Crippen molar-refractivity contribution in [3.8, 4) is 11.5 Å². The number of carbonyl (C=O) groups is 2. The van der Waals surface area contributed by atoms with Crippen molar-refractivity contribution in [2.75, 3.05) is 46.7 Å². The molecule has 7 heteroatoms. The van der Waals surface area contributed by atoms with Crippen molar-refractivity contribution >= 4 is 17.5 Å². The number of hydrogen-bond donors (Lipinski definition) is 2. The smallest absolute Gasteiger partial charge is 0.279 e. The number of anilines is 1. The molecular formula is C24H34N3O4+. The van der Waals surface area contributed by atoms with Crippen LogP contribution in [-0.4, -0.2) is 58.1 Å². The molecule has 31 heavy (non-hydrogen) atoms. The van der Waals surface area contributed by atoms with E-state index >= 15 is 0 Å². The van der Waals surface area contributed by atoms with Gasteiger partial charge in [0.15, 0.2) is 24.6 Å². The standard InChI is InChI=1S/C24H33N3O4/c1-16-10-17(2)24(18(3)11-16)25-22(28)14-26(4)15-23(29)27(5)13-19-8-9-20(30-6)21(12-19)31-7/h8-12H,13-15H2,1-7H3,(H,25,28)/p+1. The summed E-state index contributed by atoms with van der Waals surface area (Å²) in [5, 5.41) is 2.99. The van der Waals surface area contributed by atoms with E-state index in [-0.39, 0.29) is 24.9 Å². The first-order valence-corrected chi connectivity index (χ1v) is 10.3. The number of nitrogens with one attached hydrogen (secondary N) is 2. The van der Waals surface area contributed by atoms with Crippen LogP contribution in [0.4, 0.5) is 5.69 Å². The first-order chi connectivity index (χ1) is 14.6. The van der Waals surface area contributed by atoms with Gasteiger partial charge in [-0.05, 0) is 49.6 Å². The zero-order valence-electron chi connectivity index (χ0n) is 19.6. The van der Waals surface area contributed by atoms with Crippen LogP contribution >= 0.6 is 0 Å². The Kier molecular flexibility index (Phi) is 8.45. The van der Waals surface area contributed by atoms with E-state index in [9.17, 15) is 9.59 Å². The van der Waals surface area contributed by atoms with E-state index in [1.165, 1.54) is 5.56 Å². The molecule has 0 aliphatic carbocycles. The summed E-state index contributed by atoms with van der Waals surface area (Å²) in [5.41, 5.74) is 5.02. The second-order valence-corrected chi connectivity index (χ2v) is 8.07. The molecule has 0 radical (unpaired) electrons. The summed E-state index contributed by atoms with van der Waals surface area (Å²) >= 11 is 0. The number of ether oxygens (including phenoxy) is 2. The lowest BCUT2D eigenvalue weighted by Crippen LogP contribution is -3.11. The topological polar surface area (TPSA) is 72.3 Å². The summed E-state index contributed by atoms with van der Waals surface area (Å²) < 4.78 is 10.6. The molecule has 0 aromatic heterocycles. The number of quaternary nitrogens is 1. The Bertz CT molecular complexity index is 919. The minimum atomic E-state index is -0.108. The van der Waals surface area contributed by atoms with Crippen LogP contribution in [0.1, 0.15) is 22.3 Å². The second-order valence-electron chi connectivity index (χ2n) is 8.07. The predicted octanol–water partition coefficient (Wildman–Crippen LogP) is 1.74. The minimum Gasteiger partial charge on any atom is -0.493 e. The lowest BCUT2D eigenvalue weighted by atomic mass is 10.1. The van der Waals surface area contributed by atoms with Gasteiger partial charge in [0.1, 0.15) is 0 Å². The molecule has 2 amide bonds. The fourth-order valence-corrected chi connectivity index (χ4v) is 3.63. The van der Waals surface area contributed by atoms with Crippen molar-refractivity contribution in [3.05, 3.63) is 52.6 Å². The molecule has 7 nitrogen and oxygen atoms in total. The molecule has 2 N–H and O–H groups in total. The molecule has 0 bridgehead atoms. The molecule has 2 aromatic rings. The molecule has 2 aromatic carbocycles. The van der Waals surface area contributed by atoms with Gasteiger partial charge in [-0.1, -0.05) is 23.8 Å². The van der Waals surface area contributed by atoms with Gasteiger partial charge in [-0.15, -0.1) is 0 Å². The third kappa shape index (κ3) is 6.72. The zero-order valence-corrected chi connectivity index (χ0v) is 19.6. The molecule has 1 unspecified atom stereocenters. The summed E-state index contributed by atoms with van der Waals surface area (Å²) in [5.74, 6) is 1.13. The van der Waals surface area contributed by atoms with Crippen molar-refractivity contribution in [2.24, 2.45) is 0 Å². The maximum Gasteiger partial charge on any atom is 0.279 e. The number of rotatable bonds is 9. The molecule has 0 spiro atoms. The molecule has 0 aliphatic heterocycles. The van der Waals surface area contributed by atoms with Crippen LogP contribution in [-0.2, 0) is 16.1 Å². The van der Waals surface area contributed by atoms with Crippen LogP contribution in [0.2, 0.25) is 0 Å². The predicted molar refractivity (Wildman–Crippen MR) is 122 cm³/mol. The van der Waals surface area contributed by atoms with Crippen molar-refractivity contribution < 1.29 is 24.0 Å². The quantitative estimate of drug-likeness (QED) is 0.638. The van der Waals surface area contributed by atoms with Crippen LogP contribution in [0.5, 0.6) is 11.5 Å². The molecule has 0 fully saturated rings. The average Bonchev–Trinajstić information content (AvgIpc) is 2.70. The largest absolute Gasteiger partial charge is 0.493 e. The third-order valence-electron chi connectivity index (χ3n) is 5.15. The van der Waals surface area contributed by atoms with Gasteiger partial charge in [-0.2, -0.15) is 0 Å². The van der Waals surface area contributed by atoms with Crippen molar-refractivity contribution in [1.29, 1.82) is 0 Å². The van der Waals surface area contributed by atoms with Gasteiger partial charge in [0.2, 0.25) is 0 Å². The minimum absolute atomic E-state index is 0.0391. The van der Waals surface area contributed by atoms with Crippen LogP contribution in [0.3, 0.4) is 0 Å². The lowest BCUT2D eigenvalue weighted by Gasteiger charge is -2.21. The van der Waals surface area contributed by atoms with E-state index in [1.54, 1.807) is 26.2 Å². The highest BCUT2D eigenvalue weighted by Gasteiger charge is 2.19. The van der Waals surface area contributed by atoms with Crippen molar-refractivity contribution in [3.63, 3.8) is 0 Å². The first-order valence-electron chi connectivity index (χ1n) is 10.3. The monoisotopic (exact) mass is 428 g/mol. The Morgan fingerprint density at radius 1 is 0.968 bits per heavy atom. The van der Waals surface area contributed by atoms with Gasteiger partial charge < -0.3 is 24.6 Å². The average molecular weight is 429 g/mol. The van der Waals surface area contributed by atoms with E-state index in [0.717, 1.165) is 27.3 Å². The summed E-state index contributed by atoms with van der Waals surface area (Å²) in [6, 6.07) is 9.68. The molecule has 1 atom stereocenters. The zero-order chi connectivity index (χ0) is 23.1. The summed E-state index contributed by atoms with van der Waals surface area (Å²) in [4.78, 5) is 27.6. The van der Waals surface area contributed by atoms with Crippen LogP contribution in [0, 0.1) is 20.8 Å².